The van der Waals surface area contributed by atoms with E-state index in [0.29, 0.717) is 12.2 Å². The number of aromatic nitrogens is 4. The van der Waals surface area contributed by atoms with Gasteiger partial charge in [0.05, 0.1) is 27.7 Å². The minimum absolute atomic E-state index is 0.592. The molecule has 108 valence electrons. The first-order valence-corrected chi connectivity index (χ1v) is 7.50. The van der Waals surface area contributed by atoms with Crippen LogP contribution in [0.1, 0.15) is 24.4 Å². The van der Waals surface area contributed by atoms with Crippen LogP contribution in [-0.2, 0) is 6.54 Å². The lowest BCUT2D eigenvalue weighted by atomic mass is 10.2. The van der Waals surface area contributed by atoms with E-state index >= 15 is 0 Å². The molecule has 0 bridgehead atoms. The molecule has 0 aliphatic rings. The normalized spacial score (nSPS) is 12.5. The molecule has 0 spiro atoms. The SMILES string of the molecule is CCn1ncc(Br)c1C(O)c1ccn(-c2ccccc2)n1. The van der Waals surface area contributed by atoms with E-state index in [-0.39, 0.29) is 0 Å². The van der Waals surface area contributed by atoms with E-state index in [4.69, 9.17) is 0 Å². The van der Waals surface area contributed by atoms with Crippen molar-refractivity contribution in [3.05, 3.63) is 64.7 Å². The van der Waals surface area contributed by atoms with Crippen molar-refractivity contribution >= 4 is 15.9 Å². The molecule has 6 heteroatoms. The van der Waals surface area contributed by atoms with E-state index in [1.807, 2.05) is 49.5 Å². The van der Waals surface area contributed by atoms with E-state index in [0.717, 1.165) is 15.9 Å². The van der Waals surface area contributed by atoms with Crippen molar-refractivity contribution in [1.29, 1.82) is 0 Å². The van der Waals surface area contributed by atoms with Gasteiger partial charge >= 0.3 is 0 Å². The molecule has 1 N–H and O–H groups in total. The van der Waals surface area contributed by atoms with Crippen molar-refractivity contribution < 1.29 is 5.11 Å². The smallest absolute Gasteiger partial charge is 0.140 e. The minimum Gasteiger partial charge on any atom is -0.380 e. The molecule has 0 saturated heterocycles. The lowest BCUT2D eigenvalue weighted by molar-refractivity contribution is 0.202. The summed E-state index contributed by atoms with van der Waals surface area (Å²) in [5.41, 5.74) is 2.27. The maximum Gasteiger partial charge on any atom is 0.140 e. The van der Waals surface area contributed by atoms with Gasteiger partial charge in [0.2, 0.25) is 0 Å². The highest BCUT2D eigenvalue weighted by molar-refractivity contribution is 9.10. The summed E-state index contributed by atoms with van der Waals surface area (Å²) in [5.74, 6) is 0. The number of nitrogens with zero attached hydrogens (tertiary/aromatic N) is 4. The molecule has 0 amide bonds. The number of hydrogen-bond donors (Lipinski definition) is 1. The molecular weight excluding hydrogens is 332 g/mol. The Labute approximate surface area is 131 Å². The Hall–Kier alpha value is -1.92. The maximum atomic E-state index is 10.6. The van der Waals surface area contributed by atoms with Crippen LogP contribution in [-0.4, -0.2) is 24.7 Å². The summed E-state index contributed by atoms with van der Waals surface area (Å²) in [4.78, 5) is 0. The van der Waals surface area contributed by atoms with Gasteiger partial charge in [-0.1, -0.05) is 18.2 Å². The quantitative estimate of drug-likeness (QED) is 0.790. The molecule has 0 saturated carbocycles. The maximum absolute atomic E-state index is 10.6. The van der Waals surface area contributed by atoms with Gasteiger partial charge in [-0.05, 0) is 41.1 Å². The summed E-state index contributed by atoms with van der Waals surface area (Å²) in [6.07, 6.45) is 2.72. The molecule has 5 nitrogen and oxygen atoms in total. The summed E-state index contributed by atoms with van der Waals surface area (Å²) in [7, 11) is 0. The molecule has 1 atom stereocenters. The highest BCUT2D eigenvalue weighted by Gasteiger charge is 2.21. The third kappa shape index (κ3) is 2.64. The number of aliphatic hydroxyl groups is 1. The lowest BCUT2D eigenvalue weighted by Crippen LogP contribution is -2.10. The van der Waals surface area contributed by atoms with Gasteiger partial charge in [-0.3, -0.25) is 4.68 Å². The first-order chi connectivity index (χ1) is 10.2. The number of halogens is 1. The van der Waals surface area contributed by atoms with Gasteiger partial charge in [-0.2, -0.15) is 10.2 Å². The standard InChI is InChI=1S/C15H15BrN4O/c1-2-19-14(12(16)10-17-19)15(21)13-8-9-20(18-13)11-6-4-3-5-7-11/h3-10,15,21H,2H2,1H3. The number of para-hydroxylation sites is 1. The summed E-state index contributed by atoms with van der Waals surface area (Å²) >= 11 is 3.43. The summed E-state index contributed by atoms with van der Waals surface area (Å²) in [5, 5.41) is 19.2. The third-order valence-electron chi connectivity index (χ3n) is 3.30. The fraction of sp³-hybridized carbons (Fsp3) is 0.200. The van der Waals surface area contributed by atoms with Crippen LogP contribution in [0.4, 0.5) is 0 Å². The monoisotopic (exact) mass is 346 g/mol. The Bertz CT molecular complexity index is 735. The Morgan fingerprint density at radius 1 is 1.24 bits per heavy atom. The molecule has 0 fully saturated rings. The van der Waals surface area contributed by atoms with Crippen LogP contribution in [0.3, 0.4) is 0 Å². The third-order valence-corrected chi connectivity index (χ3v) is 3.91. The second-order valence-corrected chi connectivity index (χ2v) is 5.47. The van der Waals surface area contributed by atoms with Crippen molar-refractivity contribution in [2.24, 2.45) is 0 Å². The zero-order valence-electron chi connectivity index (χ0n) is 11.5. The molecule has 1 unspecified atom stereocenters. The average molecular weight is 347 g/mol. The van der Waals surface area contributed by atoms with Crippen molar-refractivity contribution in [3.63, 3.8) is 0 Å². The van der Waals surface area contributed by atoms with Crippen LogP contribution in [0.15, 0.2) is 53.3 Å². The number of benzene rings is 1. The second-order valence-electron chi connectivity index (χ2n) is 4.62. The summed E-state index contributed by atoms with van der Waals surface area (Å²) in [6.45, 7) is 2.68. The molecule has 21 heavy (non-hydrogen) atoms. The molecule has 0 aliphatic heterocycles. The molecule has 3 aromatic rings. The summed E-state index contributed by atoms with van der Waals surface area (Å²) in [6, 6.07) is 11.6. The van der Waals surface area contributed by atoms with Crippen LogP contribution in [0, 0.1) is 0 Å². The fourth-order valence-corrected chi connectivity index (χ4v) is 2.76. The van der Waals surface area contributed by atoms with Gasteiger partial charge in [-0.25, -0.2) is 4.68 Å². The van der Waals surface area contributed by atoms with Gasteiger partial charge in [-0.15, -0.1) is 0 Å². The molecule has 3 rings (SSSR count). The molecule has 2 aromatic heterocycles. The van der Waals surface area contributed by atoms with E-state index in [2.05, 4.69) is 26.1 Å². The first-order valence-electron chi connectivity index (χ1n) is 6.71. The van der Waals surface area contributed by atoms with E-state index in [1.165, 1.54) is 0 Å². The largest absolute Gasteiger partial charge is 0.380 e. The highest BCUT2D eigenvalue weighted by atomic mass is 79.9. The van der Waals surface area contributed by atoms with Crippen molar-refractivity contribution in [2.45, 2.75) is 19.6 Å². The van der Waals surface area contributed by atoms with Crippen LogP contribution < -0.4 is 0 Å². The highest BCUT2D eigenvalue weighted by Crippen LogP contribution is 2.27. The van der Waals surface area contributed by atoms with E-state index < -0.39 is 6.10 Å². The molecule has 2 heterocycles. The van der Waals surface area contributed by atoms with Gasteiger partial charge in [0.25, 0.3) is 0 Å². The van der Waals surface area contributed by atoms with Crippen LogP contribution in [0.2, 0.25) is 0 Å². The van der Waals surface area contributed by atoms with Crippen molar-refractivity contribution in [3.8, 4) is 5.69 Å². The Balaban J connectivity index is 1.94. The summed E-state index contributed by atoms with van der Waals surface area (Å²) < 4.78 is 4.29. The number of aliphatic hydroxyl groups excluding tert-OH is 1. The zero-order valence-corrected chi connectivity index (χ0v) is 13.1. The average Bonchev–Trinajstić information content (AvgIpc) is 3.14. The van der Waals surface area contributed by atoms with Gasteiger partial charge < -0.3 is 5.11 Å². The first kappa shape index (κ1) is 14.0. The number of hydrogen-bond acceptors (Lipinski definition) is 3. The van der Waals surface area contributed by atoms with Crippen molar-refractivity contribution in [2.75, 3.05) is 0 Å². The molecule has 0 radical (unpaired) electrons. The van der Waals surface area contributed by atoms with E-state index in [1.54, 1.807) is 15.6 Å². The number of aryl methyl sites for hydroxylation is 1. The lowest BCUT2D eigenvalue weighted by Gasteiger charge is -2.11. The Morgan fingerprint density at radius 2 is 2.00 bits per heavy atom. The predicted octanol–water partition coefficient (Wildman–Crippen LogP) is 2.93. The van der Waals surface area contributed by atoms with Crippen LogP contribution >= 0.6 is 15.9 Å². The fourth-order valence-electron chi connectivity index (χ4n) is 2.24. The van der Waals surface area contributed by atoms with Crippen molar-refractivity contribution in [1.82, 2.24) is 19.6 Å². The van der Waals surface area contributed by atoms with Gasteiger partial charge in [0.15, 0.2) is 0 Å². The zero-order chi connectivity index (χ0) is 14.8. The second kappa shape index (κ2) is 5.83. The van der Waals surface area contributed by atoms with Gasteiger partial charge in [0, 0.05) is 12.7 Å². The minimum atomic E-state index is -0.813. The van der Waals surface area contributed by atoms with Gasteiger partial charge in [0.1, 0.15) is 6.10 Å². The Kier molecular flexibility index (Phi) is 3.90. The predicted molar refractivity (Wildman–Crippen MR) is 83.2 cm³/mol. The molecule has 0 aliphatic carbocycles. The van der Waals surface area contributed by atoms with Crippen LogP contribution in [0.25, 0.3) is 5.69 Å². The Morgan fingerprint density at radius 3 is 2.71 bits per heavy atom. The molecular formula is C15H15BrN4O. The molecule has 1 aromatic carbocycles. The van der Waals surface area contributed by atoms with E-state index in [9.17, 15) is 5.11 Å². The topological polar surface area (TPSA) is 55.9 Å². The van der Waals surface area contributed by atoms with Crippen LogP contribution in [0.5, 0.6) is 0 Å². The number of rotatable bonds is 4.